The Morgan fingerprint density at radius 2 is 2.07 bits per heavy atom. The summed E-state index contributed by atoms with van der Waals surface area (Å²) in [5.41, 5.74) is -0.817. The Hall–Kier alpha value is -0.660. The van der Waals surface area contributed by atoms with Crippen LogP contribution < -0.4 is 10.6 Å². The second-order valence-electron chi connectivity index (χ2n) is 6.42. The fourth-order valence-corrected chi connectivity index (χ4v) is 3.49. The molecule has 2 heterocycles. The van der Waals surface area contributed by atoms with Gasteiger partial charge in [-0.3, -0.25) is 9.89 Å². The molecule has 2 rings (SSSR count). The van der Waals surface area contributed by atoms with E-state index in [1.54, 1.807) is 0 Å². The maximum atomic E-state index is 12.6. The van der Waals surface area contributed by atoms with E-state index in [9.17, 15) is 13.2 Å². The summed E-state index contributed by atoms with van der Waals surface area (Å²) < 4.78 is 37.7. The van der Waals surface area contributed by atoms with Gasteiger partial charge in [0, 0.05) is 50.6 Å². The predicted octanol–water partition coefficient (Wildman–Crippen LogP) is 2.12. The molecule has 0 aliphatic carbocycles. The molecule has 1 atom stereocenters. The van der Waals surface area contributed by atoms with Crippen molar-refractivity contribution in [3.05, 3.63) is 16.1 Å². The number of rotatable bonds is 6. The van der Waals surface area contributed by atoms with Gasteiger partial charge in [-0.05, 0) is 21.0 Å². The second kappa shape index (κ2) is 11.4. The number of guanidine groups is 1. The van der Waals surface area contributed by atoms with Crippen molar-refractivity contribution in [2.45, 2.75) is 25.6 Å². The van der Waals surface area contributed by atoms with Crippen LogP contribution in [0.1, 0.15) is 17.6 Å². The average molecular weight is 520 g/mol. The highest BCUT2D eigenvalue weighted by molar-refractivity contribution is 14.0. The number of aromatic nitrogens is 1. The molecule has 11 heteroatoms. The molecule has 0 saturated carbocycles. The lowest BCUT2D eigenvalue weighted by Gasteiger charge is -2.36. The number of aliphatic imine (C=N–C) groups is 1. The normalized spacial score (nSPS) is 19.6. The minimum atomic E-state index is -4.38. The van der Waals surface area contributed by atoms with E-state index >= 15 is 0 Å². The summed E-state index contributed by atoms with van der Waals surface area (Å²) in [7, 11) is 4.21. The molecule has 0 spiro atoms. The molecule has 1 saturated heterocycles. The monoisotopic (exact) mass is 520 g/mol. The lowest BCUT2D eigenvalue weighted by Crippen LogP contribution is -2.51. The molecular formula is C16H28F3IN6S. The van der Waals surface area contributed by atoms with Gasteiger partial charge in [0.25, 0.3) is 0 Å². The van der Waals surface area contributed by atoms with Crippen molar-refractivity contribution in [3.63, 3.8) is 0 Å². The van der Waals surface area contributed by atoms with Gasteiger partial charge in [-0.2, -0.15) is 13.2 Å². The first-order valence-corrected chi connectivity index (χ1v) is 9.60. The topological polar surface area (TPSA) is 55.8 Å². The Morgan fingerprint density at radius 3 is 2.70 bits per heavy atom. The third-order valence-electron chi connectivity index (χ3n) is 4.26. The molecular weight excluding hydrogens is 492 g/mol. The third kappa shape index (κ3) is 8.08. The molecule has 1 aliphatic heterocycles. The molecule has 1 unspecified atom stereocenters. The van der Waals surface area contributed by atoms with E-state index in [1.165, 1.54) is 0 Å². The minimum absolute atomic E-state index is 0. The second-order valence-corrected chi connectivity index (χ2v) is 7.36. The van der Waals surface area contributed by atoms with Gasteiger partial charge in [0.2, 0.25) is 0 Å². The maximum absolute atomic E-state index is 12.6. The number of halogens is 4. The number of nitrogens with zero attached hydrogens (tertiary/aromatic N) is 4. The van der Waals surface area contributed by atoms with Crippen molar-refractivity contribution < 1.29 is 13.2 Å². The van der Waals surface area contributed by atoms with Crippen LogP contribution in [0.15, 0.2) is 10.4 Å². The Balaban J connectivity index is 0.00000364. The van der Waals surface area contributed by atoms with Crippen LogP contribution in [-0.2, 0) is 12.6 Å². The Labute approximate surface area is 179 Å². The van der Waals surface area contributed by atoms with Crippen molar-refractivity contribution in [1.29, 1.82) is 0 Å². The number of hydrogen-bond donors (Lipinski definition) is 2. The zero-order chi connectivity index (χ0) is 19.2. The van der Waals surface area contributed by atoms with Crippen LogP contribution in [-0.4, -0.2) is 80.1 Å². The molecule has 1 fully saturated rings. The van der Waals surface area contributed by atoms with Crippen molar-refractivity contribution in [2.75, 3.05) is 53.4 Å². The van der Waals surface area contributed by atoms with Gasteiger partial charge in [-0.15, -0.1) is 35.3 Å². The van der Waals surface area contributed by atoms with Crippen LogP contribution in [0.4, 0.5) is 13.2 Å². The summed E-state index contributed by atoms with van der Waals surface area (Å²) in [4.78, 5) is 12.9. The quantitative estimate of drug-likeness (QED) is 0.342. The molecule has 2 N–H and O–H groups in total. The van der Waals surface area contributed by atoms with E-state index < -0.39 is 11.9 Å². The van der Waals surface area contributed by atoms with Gasteiger partial charge in [0.05, 0.1) is 11.6 Å². The Morgan fingerprint density at radius 1 is 1.33 bits per heavy atom. The third-order valence-corrected chi connectivity index (χ3v) is 5.17. The van der Waals surface area contributed by atoms with Crippen molar-refractivity contribution >= 4 is 41.3 Å². The number of thiazole rings is 1. The molecule has 1 aliphatic rings. The van der Waals surface area contributed by atoms with Gasteiger partial charge in [-0.1, -0.05) is 0 Å². The largest absolute Gasteiger partial charge is 0.434 e. The summed E-state index contributed by atoms with van der Waals surface area (Å²) in [6.45, 7) is 6.91. The molecule has 0 amide bonds. The van der Waals surface area contributed by atoms with Crippen LogP contribution in [0, 0.1) is 0 Å². The first-order chi connectivity index (χ1) is 12.3. The molecule has 156 valence electrons. The predicted molar refractivity (Wildman–Crippen MR) is 114 cm³/mol. The molecule has 1 aromatic heterocycles. The van der Waals surface area contributed by atoms with E-state index in [4.69, 9.17) is 0 Å². The van der Waals surface area contributed by atoms with Crippen LogP contribution in [0.2, 0.25) is 0 Å². The number of alkyl halides is 3. The van der Waals surface area contributed by atoms with Crippen molar-refractivity contribution in [3.8, 4) is 0 Å². The average Bonchev–Trinajstić information content (AvgIpc) is 3.04. The van der Waals surface area contributed by atoms with E-state index in [0.717, 1.165) is 42.9 Å². The zero-order valence-electron chi connectivity index (χ0n) is 15.8. The van der Waals surface area contributed by atoms with Gasteiger partial charge >= 0.3 is 6.18 Å². The number of hydrogen-bond acceptors (Lipinski definition) is 5. The van der Waals surface area contributed by atoms with Crippen LogP contribution in [0.3, 0.4) is 0 Å². The molecule has 0 bridgehead atoms. The van der Waals surface area contributed by atoms with Gasteiger partial charge < -0.3 is 15.5 Å². The molecule has 1 aromatic rings. The smallest absolute Gasteiger partial charge is 0.357 e. The lowest BCUT2D eigenvalue weighted by molar-refractivity contribution is -0.140. The van der Waals surface area contributed by atoms with Crippen LogP contribution in [0.25, 0.3) is 0 Å². The Kier molecular flexibility index (Phi) is 10.3. The summed E-state index contributed by atoms with van der Waals surface area (Å²) in [5, 5.41) is 7.88. The zero-order valence-corrected chi connectivity index (χ0v) is 19.0. The summed E-state index contributed by atoms with van der Waals surface area (Å²) in [6, 6.07) is 0.359. The molecule has 6 nitrogen and oxygen atoms in total. The first kappa shape index (κ1) is 24.4. The highest BCUT2D eigenvalue weighted by Crippen LogP contribution is 2.29. The first-order valence-electron chi connectivity index (χ1n) is 8.72. The van der Waals surface area contributed by atoms with Gasteiger partial charge in [0.1, 0.15) is 0 Å². The van der Waals surface area contributed by atoms with Crippen LogP contribution in [0.5, 0.6) is 0 Å². The van der Waals surface area contributed by atoms with E-state index in [2.05, 4.69) is 44.5 Å². The molecule has 0 radical (unpaired) electrons. The van der Waals surface area contributed by atoms with Crippen LogP contribution >= 0.6 is 35.3 Å². The summed E-state index contributed by atoms with van der Waals surface area (Å²) in [5.74, 6) is 0.682. The Bertz CT molecular complexity index is 595. The fraction of sp³-hybridized carbons (Fsp3) is 0.750. The van der Waals surface area contributed by atoms with Gasteiger partial charge in [0.15, 0.2) is 11.7 Å². The summed E-state index contributed by atoms with van der Waals surface area (Å²) in [6.07, 6.45) is -3.95. The highest BCUT2D eigenvalue weighted by atomic mass is 127. The fourth-order valence-electron chi connectivity index (χ4n) is 2.68. The minimum Gasteiger partial charge on any atom is -0.357 e. The van der Waals surface area contributed by atoms with E-state index in [0.29, 0.717) is 36.5 Å². The van der Waals surface area contributed by atoms with E-state index in [1.807, 2.05) is 6.92 Å². The highest BCUT2D eigenvalue weighted by Gasteiger charge is 2.33. The lowest BCUT2D eigenvalue weighted by atomic mass is 10.2. The van der Waals surface area contributed by atoms with Gasteiger partial charge in [-0.25, -0.2) is 4.98 Å². The maximum Gasteiger partial charge on any atom is 0.434 e. The number of piperazine rings is 1. The van der Waals surface area contributed by atoms with Crippen molar-refractivity contribution in [2.24, 2.45) is 4.99 Å². The van der Waals surface area contributed by atoms with E-state index in [-0.39, 0.29) is 24.0 Å². The molecule has 0 aromatic carbocycles. The van der Waals surface area contributed by atoms with Crippen molar-refractivity contribution in [1.82, 2.24) is 25.4 Å². The number of nitrogens with one attached hydrogen (secondary N) is 2. The SMILES string of the molecule is CCNC(=NCC1CN(C)CCN1C)NCCc1nc(C(F)(F)F)cs1.I. The summed E-state index contributed by atoms with van der Waals surface area (Å²) >= 11 is 1.03. The standard InChI is InChI=1S/C16H27F3N6S.HI/c1-4-20-15(22-9-12-10-24(2)7-8-25(12)3)21-6-5-14-23-13(11-26-14)16(17,18)19;/h11-12H,4-10H2,1-3H3,(H2,20,21,22);1H. The molecule has 27 heavy (non-hydrogen) atoms. The number of likely N-dealkylation sites (N-methyl/N-ethyl adjacent to an activating group) is 2.